The topological polar surface area (TPSA) is 64.3 Å². The van der Waals surface area contributed by atoms with Crippen LogP contribution in [0.25, 0.3) is 0 Å². The largest absolute Gasteiger partial charge is 0.502 e. The van der Waals surface area contributed by atoms with Gasteiger partial charge in [-0.1, -0.05) is 13.0 Å². The van der Waals surface area contributed by atoms with Crippen molar-refractivity contribution in [3.63, 3.8) is 0 Å². The molecule has 15 heavy (non-hydrogen) atoms. The van der Waals surface area contributed by atoms with Crippen molar-refractivity contribution in [2.75, 3.05) is 19.7 Å². The minimum absolute atomic E-state index is 0.106. The summed E-state index contributed by atoms with van der Waals surface area (Å²) in [6, 6.07) is 0. The lowest BCUT2D eigenvalue weighted by Crippen LogP contribution is -2.50. The second kappa shape index (κ2) is 5.75. The summed E-state index contributed by atoms with van der Waals surface area (Å²) in [6.45, 7) is 5.15. The lowest BCUT2D eigenvalue weighted by atomic mass is 9.68. The third-order valence-corrected chi connectivity index (χ3v) is 3.03. The van der Waals surface area contributed by atoms with Crippen molar-refractivity contribution in [3.8, 4) is 0 Å². The van der Waals surface area contributed by atoms with Crippen LogP contribution in [0.4, 0.5) is 0 Å². The van der Waals surface area contributed by atoms with Gasteiger partial charge in [0.05, 0.1) is 18.3 Å². The Morgan fingerprint density at radius 2 is 2.33 bits per heavy atom. The molecule has 4 nitrogen and oxygen atoms in total. The van der Waals surface area contributed by atoms with E-state index in [-0.39, 0.29) is 11.3 Å². The molecule has 0 heterocycles. The summed E-state index contributed by atoms with van der Waals surface area (Å²) < 4.78 is 4.96. The molecule has 4 heteroatoms. The van der Waals surface area contributed by atoms with Gasteiger partial charge >= 0.3 is 0 Å². The molecule has 1 saturated carbocycles. The van der Waals surface area contributed by atoms with E-state index >= 15 is 0 Å². The van der Waals surface area contributed by atoms with Crippen LogP contribution in [0.5, 0.6) is 0 Å². The molecule has 1 rings (SSSR count). The van der Waals surface area contributed by atoms with E-state index in [1.807, 2.05) is 0 Å². The first-order valence-corrected chi connectivity index (χ1v) is 5.46. The number of amides is 1. The van der Waals surface area contributed by atoms with Gasteiger partial charge in [0, 0.05) is 13.1 Å². The van der Waals surface area contributed by atoms with Gasteiger partial charge in [-0.15, -0.1) is 0 Å². The zero-order valence-electron chi connectivity index (χ0n) is 9.13. The molecule has 1 fully saturated rings. The molecule has 1 amide bonds. The first-order chi connectivity index (χ1) is 7.25. The fourth-order valence-electron chi connectivity index (χ4n) is 1.76. The standard InChI is InChI=1S/C11H20N2O2/c1-2-15-8-4-7-13-10(14)11(9-12)5-3-6-11/h2H,1,3-9,12H2,(H,13,14). The SMILES string of the molecule is C=COCCCNC(=O)C1(CN)CCC1. The molecule has 3 N–H and O–H groups in total. The van der Waals surface area contributed by atoms with Gasteiger partial charge in [0.1, 0.15) is 0 Å². The number of rotatable bonds is 7. The van der Waals surface area contributed by atoms with Gasteiger partial charge in [-0.25, -0.2) is 0 Å². The Morgan fingerprint density at radius 1 is 1.60 bits per heavy atom. The molecule has 0 aromatic heterocycles. The van der Waals surface area contributed by atoms with Crippen molar-refractivity contribution in [1.29, 1.82) is 0 Å². The lowest BCUT2D eigenvalue weighted by Gasteiger charge is -2.39. The second-order valence-electron chi connectivity index (χ2n) is 3.98. The predicted octanol–water partition coefficient (Wildman–Crippen LogP) is 0.782. The van der Waals surface area contributed by atoms with Gasteiger partial charge in [0.2, 0.25) is 5.91 Å². The van der Waals surface area contributed by atoms with Gasteiger partial charge in [-0.05, 0) is 19.3 Å². The molecule has 1 aliphatic carbocycles. The van der Waals surface area contributed by atoms with E-state index in [2.05, 4.69) is 11.9 Å². The summed E-state index contributed by atoms with van der Waals surface area (Å²) in [5.74, 6) is 0.106. The highest BCUT2D eigenvalue weighted by atomic mass is 16.5. The van der Waals surface area contributed by atoms with Gasteiger partial charge in [0.15, 0.2) is 0 Å². The van der Waals surface area contributed by atoms with Crippen molar-refractivity contribution < 1.29 is 9.53 Å². The maximum atomic E-state index is 11.8. The van der Waals surface area contributed by atoms with E-state index in [0.717, 1.165) is 25.7 Å². The molecule has 0 aromatic rings. The highest BCUT2D eigenvalue weighted by molar-refractivity contribution is 5.83. The molecule has 0 aromatic carbocycles. The Labute approximate surface area is 90.9 Å². The molecule has 0 bridgehead atoms. The first-order valence-electron chi connectivity index (χ1n) is 5.46. The Bertz CT molecular complexity index is 219. The normalized spacial score (nSPS) is 17.7. The number of hydrogen-bond donors (Lipinski definition) is 2. The molecule has 0 radical (unpaired) electrons. The van der Waals surface area contributed by atoms with E-state index in [4.69, 9.17) is 10.5 Å². The maximum absolute atomic E-state index is 11.8. The van der Waals surface area contributed by atoms with Crippen molar-refractivity contribution in [2.24, 2.45) is 11.1 Å². The number of nitrogens with two attached hydrogens (primary N) is 1. The lowest BCUT2D eigenvalue weighted by molar-refractivity contribution is -0.135. The van der Waals surface area contributed by atoms with Crippen molar-refractivity contribution in [1.82, 2.24) is 5.32 Å². The van der Waals surface area contributed by atoms with E-state index in [9.17, 15) is 4.79 Å². The fraction of sp³-hybridized carbons (Fsp3) is 0.727. The number of carbonyl (C=O) groups excluding carboxylic acids is 1. The molecule has 0 atom stereocenters. The molecule has 86 valence electrons. The second-order valence-corrected chi connectivity index (χ2v) is 3.98. The minimum Gasteiger partial charge on any atom is -0.502 e. The monoisotopic (exact) mass is 212 g/mol. The zero-order valence-corrected chi connectivity index (χ0v) is 9.13. The molecule has 0 spiro atoms. The van der Waals surface area contributed by atoms with E-state index in [0.29, 0.717) is 19.7 Å². The maximum Gasteiger partial charge on any atom is 0.227 e. The molecule has 0 unspecified atom stereocenters. The smallest absolute Gasteiger partial charge is 0.227 e. The number of hydrogen-bond acceptors (Lipinski definition) is 3. The van der Waals surface area contributed by atoms with Gasteiger partial charge in [0.25, 0.3) is 0 Å². The molecule has 0 aliphatic heterocycles. The zero-order chi connectivity index (χ0) is 11.1. The van der Waals surface area contributed by atoms with Crippen LogP contribution in [-0.4, -0.2) is 25.6 Å². The summed E-state index contributed by atoms with van der Waals surface area (Å²) in [6.07, 6.45) is 5.19. The Balaban J connectivity index is 2.15. The highest BCUT2D eigenvalue weighted by Crippen LogP contribution is 2.39. The van der Waals surface area contributed by atoms with Crippen LogP contribution in [0.15, 0.2) is 12.8 Å². The molecule has 1 aliphatic rings. The minimum atomic E-state index is -0.265. The average molecular weight is 212 g/mol. The Morgan fingerprint density at radius 3 is 2.80 bits per heavy atom. The third-order valence-electron chi connectivity index (χ3n) is 3.03. The summed E-state index contributed by atoms with van der Waals surface area (Å²) >= 11 is 0. The third kappa shape index (κ3) is 2.96. The van der Waals surface area contributed by atoms with Gasteiger partial charge < -0.3 is 15.8 Å². The van der Waals surface area contributed by atoms with Crippen molar-refractivity contribution in [2.45, 2.75) is 25.7 Å². The van der Waals surface area contributed by atoms with Crippen LogP contribution in [0.2, 0.25) is 0 Å². The number of nitrogens with one attached hydrogen (secondary N) is 1. The van der Waals surface area contributed by atoms with E-state index in [1.54, 1.807) is 0 Å². The van der Waals surface area contributed by atoms with Crippen molar-refractivity contribution >= 4 is 5.91 Å². The predicted molar refractivity (Wildman–Crippen MR) is 59.1 cm³/mol. The fourth-order valence-corrected chi connectivity index (χ4v) is 1.76. The number of ether oxygens (including phenoxy) is 1. The van der Waals surface area contributed by atoms with Crippen LogP contribution in [-0.2, 0) is 9.53 Å². The highest BCUT2D eigenvalue weighted by Gasteiger charge is 2.42. The number of carbonyl (C=O) groups is 1. The Hall–Kier alpha value is -1.03. The average Bonchev–Trinajstić information content (AvgIpc) is 2.17. The summed E-state index contributed by atoms with van der Waals surface area (Å²) in [4.78, 5) is 11.8. The summed E-state index contributed by atoms with van der Waals surface area (Å²) in [7, 11) is 0. The van der Waals surface area contributed by atoms with Crippen molar-refractivity contribution in [3.05, 3.63) is 12.8 Å². The van der Waals surface area contributed by atoms with Crippen LogP contribution < -0.4 is 11.1 Å². The first kappa shape index (κ1) is 12.0. The molecule has 0 saturated heterocycles. The van der Waals surface area contributed by atoms with Crippen LogP contribution >= 0.6 is 0 Å². The molecular formula is C11H20N2O2. The molecular weight excluding hydrogens is 192 g/mol. The quantitative estimate of drug-likeness (QED) is 0.484. The van der Waals surface area contributed by atoms with Crippen LogP contribution in [0, 0.1) is 5.41 Å². The summed E-state index contributed by atoms with van der Waals surface area (Å²) in [5, 5.41) is 2.90. The van der Waals surface area contributed by atoms with Gasteiger partial charge in [-0.3, -0.25) is 4.79 Å². The Kier molecular flexibility index (Phi) is 4.62. The summed E-state index contributed by atoms with van der Waals surface area (Å²) in [5.41, 5.74) is 5.36. The van der Waals surface area contributed by atoms with Crippen LogP contribution in [0.1, 0.15) is 25.7 Å². The van der Waals surface area contributed by atoms with E-state index in [1.165, 1.54) is 6.26 Å². The van der Waals surface area contributed by atoms with Crippen LogP contribution in [0.3, 0.4) is 0 Å². The van der Waals surface area contributed by atoms with Gasteiger partial charge in [-0.2, -0.15) is 0 Å². The van der Waals surface area contributed by atoms with E-state index < -0.39 is 0 Å².